The lowest BCUT2D eigenvalue weighted by molar-refractivity contribution is -0.385. The van der Waals surface area contributed by atoms with Gasteiger partial charge in [-0.05, 0) is 32.0 Å². The summed E-state index contributed by atoms with van der Waals surface area (Å²) in [4.78, 5) is 10.8. The zero-order valence-corrected chi connectivity index (χ0v) is 15.9. The Labute approximate surface area is 161 Å². The molecular formula is C18H20ClN3O5. The summed E-state index contributed by atoms with van der Waals surface area (Å²) in [5, 5.41) is 15.9. The molecule has 0 unspecified atom stereocenters. The number of nitrogens with zero attached hydrogens (tertiary/aromatic N) is 2. The maximum atomic E-state index is 11.3. The number of nitro groups is 1. The first-order valence-electron chi connectivity index (χ1n) is 8.20. The van der Waals surface area contributed by atoms with E-state index in [2.05, 4.69) is 10.5 Å². The first kappa shape index (κ1) is 20.3. The molecule has 0 radical (unpaired) electrons. The number of benzene rings is 2. The Morgan fingerprint density at radius 2 is 1.85 bits per heavy atom. The van der Waals surface area contributed by atoms with Crippen LogP contribution in [0.25, 0.3) is 0 Å². The second kappa shape index (κ2) is 9.63. The van der Waals surface area contributed by atoms with Gasteiger partial charge in [0.1, 0.15) is 11.5 Å². The molecule has 0 spiro atoms. The van der Waals surface area contributed by atoms with Crippen molar-refractivity contribution >= 4 is 29.2 Å². The average molecular weight is 394 g/mol. The van der Waals surface area contributed by atoms with E-state index in [1.807, 2.05) is 6.92 Å². The molecule has 0 aliphatic carbocycles. The third kappa shape index (κ3) is 5.24. The van der Waals surface area contributed by atoms with Crippen LogP contribution in [0.1, 0.15) is 19.4 Å². The van der Waals surface area contributed by atoms with E-state index >= 15 is 0 Å². The first-order valence-corrected chi connectivity index (χ1v) is 8.58. The lowest BCUT2D eigenvalue weighted by atomic mass is 10.1. The van der Waals surface area contributed by atoms with E-state index in [-0.39, 0.29) is 11.4 Å². The van der Waals surface area contributed by atoms with Gasteiger partial charge in [-0.3, -0.25) is 15.5 Å². The van der Waals surface area contributed by atoms with Crippen molar-refractivity contribution in [1.82, 2.24) is 0 Å². The zero-order valence-electron chi connectivity index (χ0n) is 15.2. The number of anilines is 1. The van der Waals surface area contributed by atoms with E-state index in [0.717, 1.165) is 0 Å². The lowest BCUT2D eigenvalue weighted by Crippen LogP contribution is -2.03. The third-order valence-corrected chi connectivity index (χ3v) is 3.73. The maximum Gasteiger partial charge on any atom is 0.311 e. The van der Waals surface area contributed by atoms with Crippen molar-refractivity contribution in [1.29, 1.82) is 0 Å². The van der Waals surface area contributed by atoms with Crippen molar-refractivity contribution in [3.63, 3.8) is 0 Å². The van der Waals surface area contributed by atoms with Gasteiger partial charge in [0.25, 0.3) is 0 Å². The highest BCUT2D eigenvalue weighted by molar-refractivity contribution is 6.32. The molecule has 8 nitrogen and oxygen atoms in total. The Morgan fingerprint density at radius 1 is 1.15 bits per heavy atom. The molecule has 2 aromatic carbocycles. The molecule has 1 N–H and O–H groups in total. The fraction of sp³-hybridized carbons (Fsp3) is 0.278. The number of nitro benzene ring substituents is 1. The molecule has 27 heavy (non-hydrogen) atoms. The maximum absolute atomic E-state index is 11.3. The summed E-state index contributed by atoms with van der Waals surface area (Å²) in [5.41, 5.74) is 3.74. The molecular weight excluding hydrogens is 374 g/mol. The second-order valence-electron chi connectivity index (χ2n) is 5.20. The van der Waals surface area contributed by atoms with Gasteiger partial charge in [0.2, 0.25) is 5.75 Å². The molecule has 0 aliphatic rings. The summed E-state index contributed by atoms with van der Waals surface area (Å²) in [7, 11) is 1.53. The van der Waals surface area contributed by atoms with E-state index < -0.39 is 4.92 Å². The van der Waals surface area contributed by atoms with Crippen molar-refractivity contribution in [3.8, 4) is 17.2 Å². The quantitative estimate of drug-likeness (QED) is 0.383. The van der Waals surface area contributed by atoms with Crippen LogP contribution >= 0.6 is 11.6 Å². The minimum absolute atomic E-state index is 0.151. The monoisotopic (exact) mass is 393 g/mol. The van der Waals surface area contributed by atoms with Crippen LogP contribution in [0.15, 0.2) is 35.4 Å². The van der Waals surface area contributed by atoms with Crippen molar-refractivity contribution in [2.45, 2.75) is 13.8 Å². The van der Waals surface area contributed by atoms with Gasteiger partial charge >= 0.3 is 5.69 Å². The highest BCUT2D eigenvalue weighted by atomic mass is 35.5. The summed E-state index contributed by atoms with van der Waals surface area (Å²) in [5.74, 6) is 1.13. The summed E-state index contributed by atoms with van der Waals surface area (Å²) >= 11 is 6.07. The molecule has 0 atom stereocenters. The Bertz CT molecular complexity index is 842. The molecule has 0 amide bonds. The molecule has 2 rings (SSSR count). The molecule has 0 aromatic heterocycles. The first-order chi connectivity index (χ1) is 13.0. The van der Waals surface area contributed by atoms with Crippen LogP contribution in [-0.4, -0.2) is 31.5 Å². The normalized spacial score (nSPS) is 10.7. The standard InChI is InChI=1S/C18H20ClN3O5/c1-4-26-17-10-18(27-5-2)15(22(23)24)8-12(17)11-20-21-13-6-7-16(25-3)14(19)9-13/h6-11,21H,4-5H2,1-3H3/b20-11+. The number of nitrogens with one attached hydrogen (secondary N) is 1. The smallest absolute Gasteiger partial charge is 0.311 e. The van der Waals surface area contributed by atoms with Crippen LogP contribution in [0.5, 0.6) is 17.2 Å². The number of hydrazone groups is 1. The van der Waals surface area contributed by atoms with E-state index in [4.69, 9.17) is 25.8 Å². The largest absolute Gasteiger partial charge is 0.495 e. The van der Waals surface area contributed by atoms with Crippen LogP contribution in [0.3, 0.4) is 0 Å². The number of rotatable bonds is 9. The van der Waals surface area contributed by atoms with Crippen LogP contribution in [-0.2, 0) is 0 Å². The molecule has 2 aromatic rings. The van der Waals surface area contributed by atoms with E-state index in [9.17, 15) is 10.1 Å². The summed E-state index contributed by atoms with van der Waals surface area (Å²) in [6.45, 7) is 4.27. The van der Waals surface area contributed by atoms with Gasteiger partial charge in [-0.25, -0.2) is 0 Å². The molecule has 9 heteroatoms. The average Bonchev–Trinajstić information content (AvgIpc) is 2.63. The van der Waals surface area contributed by atoms with Crippen molar-refractivity contribution in [2.24, 2.45) is 5.10 Å². The van der Waals surface area contributed by atoms with Crippen molar-refractivity contribution in [2.75, 3.05) is 25.7 Å². The summed E-state index contributed by atoms with van der Waals surface area (Å²) in [6, 6.07) is 7.96. The van der Waals surface area contributed by atoms with E-state index in [0.29, 0.717) is 41.0 Å². The number of methoxy groups -OCH3 is 1. The third-order valence-electron chi connectivity index (χ3n) is 3.44. The van der Waals surface area contributed by atoms with Crippen LogP contribution in [0, 0.1) is 10.1 Å². The Balaban J connectivity index is 2.29. The summed E-state index contributed by atoms with van der Waals surface area (Å²) < 4.78 is 16.0. The van der Waals surface area contributed by atoms with Gasteiger partial charge in [0.05, 0.1) is 42.2 Å². The molecule has 0 saturated carbocycles. The van der Waals surface area contributed by atoms with Crippen LogP contribution in [0.2, 0.25) is 5.02 Å². The molecule has 0 bridgehead atoms. The fourth-order valence-electron chi connectivity index (χ4n) is 2.27. The minimum atomic E-state index is -0.505. The van der Waals surface area contributed by atoms with Crippen molar-refractivity contribution < 1.29 is 19.1 Å². The topological polar surface area (TPSA) is 95.2 Å². The predicted molar refractivity (Wildman–Crippen MR) is 105 cm³/mol. The van der Waals surface area contributed by atoms with Crippen LogP contribution in [0.4, 0.5) is 11.4 Å². The SMILES string of the molecule is CCOc1cc(OCC)c([N+](=O)[O-])cc1/C=N/Nc1ccc(OC)c(Cl)c1. The Hall–Kier alpha value is -3.00. The zero-order chi connectivity index (χ0) is 19.8. The number of hydrogen-bond donors (Lipinski definition) is 1. The highest BCUT2D eigenvalue weighted by Crippen LogP contribution is 2.34. The minimum Gasteiger partial charge on any atom is -0.495 e. The Kier molecular flexibility index (Phi) is 7.25. The lowest BCUT2D eigenvalue weighted by Gasteiger charge is -2.11. The molecule has 0 fully saturated rings. The Morgan fingerprint density at radius 3 is 2.44 bits per heavy atom. The molecule has 0 saturated heterocycles. The number of ether oxygens (including phenoxy) is 3. The molecule has 144 valence electrons. The van der Waals surface area contributed by atoms with Gasteiger partial charge in [0, 0.05) is 17.7 Å². The molecule has 0 heterocycles. The van der Waals surface area contributed by atoms with Gasteiger partial charge in [0.15, 0.2) is 0 Å². The highest BCUT2D eigenvalue weighted by Gasteiger charge is 2.19. The van der Waals surface area contributed by atoms with Gasteiger partial charge in [-0.1, -0.05) is 11.6 Å². The van der Waals surface area contributed by atoms with Crippen molar-refractivity contribution in [3.05, 3.63) is 51.0 Å². The van der Waals surface area contributed by atoms with E-state index in [1.165, 1.54) is 25.5 Å². The number of halogens is 1. The predicted octanol–water partition coefficient (Wildman–Crippen LogP) is 4.50. The van der Waals surface area contributed by atoms with Crippen LogP contribution < -0.4 is 19.6 Å². The fourth-order valence-corrected chi connectivity index (χ4v) is 2.53. The summed E-state index contributed by atoms with van der Waals surface area (Å²) in [6.07, 6.45) is 1.44. The number of hydrogen-bond acceptors (Lipinski definition) is 7. The van der Waals surface area contributed by atoms with Gasteiger partial charge in [-0.2, -0.15) is 5.10 Å². The second-order valence-corrected chi connectivity index (χ2v) is 5.61. The van der Waals surface area contributed by atoms with E-state index in [1.54, 1.807) is 25.1 Å². The van der Waals surface area contributed by atoms with Gasteiger partial charge < -0.3 is 14.2 Å². The molecule has 0 aliphatic heterocycles. The van der Waals surface area contributed by atoms with Gasteiger partial charge in [-0.15, -0.1) is 0 Å².